The minimum absolute atomic E-state index is 0.00489. The molecule has 0 spiro atoms. The second-order valence-electron chi connectivity index (χ2n) is 3.24. The third kappa shape index (κ3) is 6.22. The number of carbonyl (C=O) groups is 2. The Bertz CT molecular complexity index is 222. The summed E-state index contributed by atoms with van der Waals surface area (Å²) >= 11 is 0. The average molecular weight is 198 g/mol. The molecule has 0 saturated heterocycles. The van der Waals surface area contributed by atoms with Gasteiger partial charge in [-0.15, -0.1) is 0 Å². The molecule has 0 aliphatic rings. The zero-order valence-electron chi connectivity index (χ0n) is 8.96. The van der Waals surface area contributed by atoms with Gasteiger partial charge in [-0.3, -0.25) is 9.59 Å². The molecule has 0 atom stereocenters. The molecule has 0 radical (unpaired) electrons. The molecule has 0 aliphatic heterocycles. The second kappa shape index (κ2) is 7.12. The normalized spacial score (nSPS) is 10.6. The number of amides is 2. The van der Waals surface area contributed by atoms with Crippen molar-refractivity contribution in [3.63, 3.8) is 0 Å². The van der Waals surface area contributed by atoms with Crippen LogP contribution in [0.15, 0.2) is 12.2 Å². The summed E-state index contributed by atoms with van der Waals surface area (Å²) in [5.74, 6) is -0.141. The molecule has 0 aliphatic carbocycles. The van der Waals surface area contributed by atoms with E-state index in [1.807, 2.05) is 13.8 Å². The van der Waals surface area contributed by atoms with E-state index in [9.17, 15) is 9.59 Å². The molecular weight excluding hydrogens is 180 g/mol. The standard InChI is InChI=1S/C10H18N2O2/c1-4-5-9(13)11-6-7-12-10(14)8(2)3/h4-5,8H,6-7H2,1-3H3,(H,11,13)(H,12,14). The SMILES string of the molecule is CC=CC(=O)NCCNC(=O)C(C)C. The van der Waals surface area contributed by atoms with Gasteiger partial charge in [0.25, 0.3) is 0 Å². The summed E-state index contributed by atoms with van der Waals surface area (Å²) in [6, 6.07) is 0. The molecule has 0 rings (SSSR count). The van der Waals surface area contributed by atoms with Crippen molar-refractivity contribution in [2.24, 2.45) is 5.92 Å². The Labute approximate surface area is 84.8 Å². The van der Waals surface area contributed by atoms with Crippen LogP contribution in [0.4, 0.5) is 0 Å². The molecule has 0 fully saturated rings. The maximum absolute atomic E-state index is 11.1. The van der Waals surface area contributed by atoms with Crippen LogP contribution in [0.25, 0.3) is 0 Å². The second-order valence-corrected chi connectivity index (χ2v) is 3.24. The van der Waals surface area contributed by atoms with Crippen LogP contribution in [0, 0.1) is 5.92 Å². The van der Waals surface area contributed by atoms with Crippen molar-refractivity contribution in [2.45, 2.75) is 20.8 Å². The first-order valence-corrected chi connectivity index (χ1v) is 4.76. The number of hydrogen-bond acceptors (Lipinski definition) is 2. The lowest BCUT2D eigenvalue weighted by Gasteiger charge is -2.07. The van der Waals surface area contributed by atoms with Crippen molar-refractivity contribution in [3.05, 3.63) is 12.2 Å². The van der Waals surface area contributed by atoms with Gasteiger partial charge < -0.3 is 10.6 Å². The lowest BCUT2D eigenvalue weighted by molar-refractivity contribution is -0.124. The number of nitrogens with one attached hydrogen (secondary N) is 2. The van der Waals surface area contributed by atoms with E-state index >= 15 is 0 Å². The largest absolute Gasteiger partial charge is 0.354 e. The van der Waals surface area contributed by atoms with Crippen molar-refractivity contribution >= 4 is 11.8 Å². The van der Waals surface area contributed by atoms with Gasteiger partial charge in [0.2, 0.25) is 11.8 Å². The molecule has 0 heterocycles. The predicted octanol–water partition coefficient (Wildman–Crippen LogP) is 0.451. The molecule has 0 saturated carbocycles. The third-order valence-electron chi connectivity index (χ3n) is 1.57. The average Bonchev–Trinajstić information content (AvgIpc) is 2.12. The number of rotatable bonds is 5. The van der Waals surface area contributed by atoms with Crippen LogP contribution in [-0.4, -0.2) is 24.9 Å². The Morgan fingerprint density at radius 1 is 1.21 bits per heavy atom. The summed E-state index contributed by atoms with van der Waals surface area (Å²) in [7, 11) is 0. The quantitative estimate of drug-likeness (QED) is 0.498. The summed E-state index contributed by atoms with van der Waals surface area (Å²) in [5, 5.41) is 5.34. The first-order valence-electron chi connectivity index (χ1n) is 4.76. The van der Waals surface area contributed by atoms with Crippen LogP contribution in [0.3, 0.4) is 0 Å². The van der Waals surface area contributed by atoms with Crippen LogP contribution in [0.5, 0.6) is 0 Å². The first-order chi connectivity index (χ1) is 6.57. The van der Waals surface area contributed by atoms with E-state index in [4.69, 9.17) is 0 Å². The lowest BCUT2D eigenvalue weighted by Crippen LogP contribution is -2.35. The summed E-state index contributed by atoms with van der Waals surface area (Å²) < 4.78 is 0. The maximum Gasteiger partial charge on any atom is 0.243 e. The van der Waals surface area contributed by atoms with Crippen LogP contribution in [-0.2, 0) is 9.59 Å². The zero-order valence-corrected chi connectivity index (χ0v) is 8.96. The summed E-state index contributed by atoms with van der Waals surface area (Å²) in [5.41, 5.74) is 0. The molecule has 2 N–H and O–H groups in total. The van der Waals surface area contributed by atoms with Crippen molar-refractivity contribution in [3.8, 4) is 0 Å². The minimum atomic E-state index is -0.133. The molecule has 4 nitrogen and oxygen atoms in total. The number of hydrogen-bond donors (Lipinski definition) is 2. The molecule has 80 valence electrons. The Kier molecular flexibility index (Phi) is 6.45. The highest BCUT2D eigenvalue weighted by Crippen LogP contribution is 1.88. The van der Waals surface area contributed by atoms with E-state index in [-0.39, 0.29) is 17.7 Å². The van der Waals surface area contributed by atoms with E-state index in [1.165, 1.54) is 6.08 Å². The summed E-state index contributed by atoms with van der Waals surface area (Å²) in [6.07, 6.45) is 3.12. The minimum Gasteiger partial charge on any atom is -0.354 e. The smallest absolute Gasteiger partial charge is 0.243 e. The Balaban J connectivity index is 3.47. The molecule has 2 amide bonds. The van der Waals surface area contributed by atoms with E-state index in [2.05, 4.69) is 10.6 Å². The Hall–Kier alpha value is -1.32. The molecule has 0 aromatic carbocycles. The molecular formula is C10H18N2O2. The van der Waals surface area contributed by atoms with E-state index in [0.29, 0.717) is 13.1 Å². The number of allylic oxidation sites excluding steroid dienone is 1. The van der Waals surface area contributed by atoms with E-state index < -0.39 is 0 Å². The molecule has 0 aromatic heterocycles. The third-order valence-corrected chi connectivity index (χ3v) is 1.57. The fourth-order valence-electron chi connectivity index (χ4n) is 0.786. The summed E-state index contributed by atoms with van der Waals surface area (Å²) in [6.45, 7) is 6.36. The van der Waals surface area contributed by atoms with E-state index in [0.717, 1.165) is 0 Å². The van der Waals surface area contributed by atoms with Crippen LogP contribution in [0.2, 0.25) is 0 Å². The highest BCUT2D eigenvalue weighted by atomic mass is 16.2. The van der Waals surface area contributed by atoms with E-state index in [1.54, 1.807) is 13.0 Å². The lowest BCUT2D eigenvalue weighted by atomic mass is 10.2. The fraction of sp³-hybridized carbons (Fsp3) is 0.600. The summed E-state index contributed by atoms with van der Waals surface area (Å²) in [4.78, 5) is 22.0. The van der Waals surface area contributed by atoms with Gasteiger partial charge in [0.05, 0.1) is 0 Å². The van der Waals surface area contributed by atoms with Gasteiger partial charge in [-0.25, -0.2) is 0 Å². The molecule has 0 aromatic rings. The fourth-order valence-corrected chi connectivity index (χ4v) is 0.786. The van der Waals surface area contributed by atoms with Crippen molar-refractivity contribution in [1.82, 2.24) is 10.6 Å². The van der Waals surface area contributed by atoms with Gasteiger partial charge in [-0.1, -0.05) is 19.9 Å². The van der Waals surface area contributed by atoms with Crippen molar-refractivity contribution in [1.29, 1.82) is 0 Å². The highest BCUT2D eigenvalue weighted by molar-refractivity contribution is 5.87. The van der Waals surface area contributed by atoms with Gasteiger partial charge in [0.15, 0.2) is 0 Å². The zero-order chi connectivity index (χ0) is 11.0. The van der Waals surface area contributed by atoms with Crippen molar-refractivity contribution < 1.29 is 9.59 Å². The maximum atomic E-state index is 11.1. The Morgan fingerprint density at radius 2 is 1.79 bits per heavy atom. The van der Waals surface area contributed by atoms with Gasteiger partial charge in [0, 0.05) is 19.0 Å². The topological polar surface area (TPSA) is 58.2 Å². The van der Waals surface area contributed by atoms with Crippen LogP contribution < -0.4 is 10.6 Å². The predicted molar refractivity (Wildman–Crippen MR) is 55.7 cm³/mol. The molecule has 0 unspecified atom stereocenters. The first kappa shape index (κ1) is 12.7. The molecule has 14 heavy (non-hydrogen) atoms. The number of carbonyl (C=O) groups excluding carboxylic acids is 2. The Morgan fingerprint density at radius 3 is 2.29 bits per heavy atom. The van der Waals surface area contributed by atoms with Crippen LogP contribution >= 0.6 is 0 Å². The molecule has 4 heteroatoms. The highest BCUT2D eigenvalue weighted by Gasteiger charge is 2.04. The molecule has 0 bridgehead atoms. The van der Waals surface area contributed by atoms with Gasteiger partial charge in [0.1, 0.15) is 0 Å². The van der Waals surface area contributed by atoms with Gasteiger partial charge in [-0.05, 0) is 13.0 Å². The van der Waals surface area contributed by atoms with Gasteiger partial charge in [-0.2, -0.15) is 0 Å². The monoisotopic (exact) mass is 198 g/mol. The van der Waals surface area contributed by atoms with Crippen LogP contribution in [0.1, 0.15) is 20.8 Å². The van der Waals surface area contributed by atoms with Crippen molar-refractivity contribution in [2.75, 3.05) is 13.1 Å². The van der Waals surface area contributed by atoms with Gasteiger partial charge >= 0.3 is 0 Å².